The van der Waals surface area contributed by atoms with Gasteiger partial charge in [-0.2, -0.15) is 0 Å². The summed E-state index contributed by atoms with van der Waals surface area (Å²) < 4.78 is 14.7. The van der Waals surface area contributed by atoms with Crippen molar-refractivity contribution < 1.29 is 19.1 Å². The maximum atomic E-state index is 13.3. The lowest BCUT2D eigenvalue weighted by Crippen LogP contribution is -2.25. The summed E-state index contributed by atoms with van der Waals surface area (Å²) in [6, 6.07) is 13.7. The minimum Gasteiger partial charge on any atom is -0.481 e. The van der Waals surface area contributed by atoms with Gasteiger partial charge in [-0.25, -0.2) is 4.39 Å². The molecule has 0 saturated carbocycles. The highest BCUT2D eigenvalue weighted by Crippen LogP contribution is 2.25. The Kier molecular flexibility index (Phi) is 6.02. The van der Waals surface area contributed by atoms with Gasteiger partial charge in [0.25, 0.3) is 5.91 Å². The summed E-state index contributed by atoms with van der Waals surface area (Å²) in [5.41, 5.74) is 4.78. The monoisotopic (exact) mass is 420 g/mol. The number of carbonyl (C=O) groups excluding carboxylic acids is 1. The molecule has 3 aromatic rings. The van der Waals surface area contributed by atoms with Crippen LogP contribution >= 0.6 is 23.2 Å². The SMILES string of the molecule is O=C(O)CCc1ccc(-c2ccc(F)cc2)n1NC(=O)c1ccc(Cl)cc1Cl. The number of aryl methyl sites for hydroxylation is 1. The van der Waals surface area contributed by atoms with Crippen LogP contribution in [0.1, 0.15) is 22.5 Å². The molecule has 144 valence electrons. The van der Waals surface area contributed by atoms with Gasteiger partial charge in [-0.05, 0) is 54.6 Å². The van der Waals surface area contributed by atoms with Crippen molar-refractivity contribution >= 4 is 35.1 Å². The fourth-order valence-corrected chi connectivity index (χ4v) is 3.22. The molecular formula is C20H15Cl2FN2O3. The highest BCUT2D eigenvalue weighted by Gasteiger charge is 2.17. The molecular weight excluding hydrogens is 406 g/mol. The predicted molar refractivity (Wildman–Crippen MR) is 106 cm³/mol. The maximum absolute atomic E-state index is 13.3. The van der Waals surface area contributed by atoms with E-state index < -0.39 is 11.9 Å². The topological polar surface area (TPSA) is 71.3 Å². The van der Waals surface area contributed by atoms with Gasteiger partial charge in [-0.15, -0.1) is 0 Å². The molecule has 5 nitrogen and oxygen atoms in total. The molecule has 0 aliphatic rings. The van der Waals surface area contributed by atoms with Gasteiger partial charge in [0.1, 0.15) is 5.82 Å². The Bertz CT molecular complexity index is 1030. The predicted octanol–water partition coefficient (Wildman–Crippen LogP) is 5.00. The van der Waals surface area contributed by atoms with E-state index in [4.69, 9.17) is 28.3 Å². The fraction of sp³-hybridized carbons (Fsp3) is 0.100. The van der Waals surface area contributed by atoms with E-state index in [-0.39, 0.29) is 29.2 Å². The lowest BCUT2D eigenvalue weighted by Gasteiger charge is -2.15. The summed E-state index contributed by atoms with van der Waals surface area (Å²) in [5, 5.41) is 9.56. The third-order valence-corrected chi connectivity index (χ3v) is 4.63. The van der Waals surface area contributed by atoms with Crippen molar-refractivity contribution in [3.05, 3.63) is 81.7 Å². The standard InChI is InChI=1S/C20H15Cl2FN2O3/c21-13-3-8-16(17(22)11-13)20(28)24-25-15(7-10-19(26)27)6-9-18(25)12-1-4-14(23)5-2-12/h1-6,8-9,11H,7,10H2,(H,24,28)(H,26,27). The molecule has 1 aromatic heterocycles. The van der Waals surface area contributed by atoms with E-state index in [0.29, 0.717) is 22.0 Å². The van der Waals surface area contributed by atoms with Gasteiger partial charge >= 0.3 is 5.97 Å². The van der Waals surface area contributed by atoms with Gasteiger partial charge < -0.3 is 5.11 Å². The van der Waals surface area contributed by atoms with Crippen LogP contribution in [-0.2, 0) is 11.2 Å². The first kappa shape index (κ1) is 19.9. The van der Waals surface area contributed by atoms with Gasteiger partial charge in [0.05, 0.1) is 22.7 Å². The Balaban J connectivity index is 1.98. The molecule has 0 radical (unpaired) electrons. The third-order valence-electron chi connectivity index (χ3n) is 4.09. The zero-order chi connectivity index (χ0) is 20.3. The average Bonchev–Trinajstić information content (AvgIpc) is 3.03. The van der Waals surface area contributed by atoms with E-state index in [1.807, 2.05) is 0 Å². The first-order valence-corrected chi connectivity index (χ1v) is 9.05. The second-order valence-corrected chi connectivity index (χ2v) is 6.85. The van der Waals surface area contributed by atoms with Crippen molar-refractivity contribution in [2.45, 2.75) is 12.8 Å². The van der Waals surface area contributed by atoms with Crippen molar-refractivity contribution in [1.29, 1.82) is 0 Å². The second kappa shape index (κ2) is 8.46. The highest BCUT2D eigenvalue weighted by atomic mass is 35.5. The fourth-order valence-electron chi connectivity index (χ4n) is 2.72. The Morgan fingerprint density at radius 3 is 2.39 bits per heavy atom. The molecule has 3 rings (SSSR count). The van der Waals surface area contributed by atoms with Crippen LogP contribution in [0, 0.1) is 5.82 Å². The summed E-state index contributed by atoms with van der Waals surface area (Å²) in [6.45, 7) is 0. The van der Waals surface area contributed by atoms with Crippen molar-refractivity contribution in [2.75, 3.05) is 5.43 Å². The summed E-state index contributed by atoms with van der Waals surface area (Å²) in [5.74, 6) is -1.83. The lowest BCUT2D eigenvalue weighted by atomic mass is 10.1. The van der Waals surface area contributed by atoms with Gasteiger partial charge in [0.15, 0.2) is 0 Å². The van der Waals surface area contributed by atoms with Crippen LogP contribution in [0.15, 0.2) is 54.6 Å². The largest absolute Gasteiger partial charge is 0.481 e. The molecule has 2 N–H and O–H groups in total. The lowest BCUT2D eigenvalue weighted by molar-refractivity contribution is -0.136. The molecule has 0 aliphatic carbocycles. The van der Waals surface area contributed by atoms with Crippen LogP contribution in [0.5, 0.6) is 0 Å². The number of benzene rings is 2. The molecule has 0 aliphatic heterocycles. The Hall–Kier alpha value is -2.83. The zero-order valence-electron chi connectivity index (χ0n) is 14.5. The van der Waals surface area contributed by atoms with Crippen molar-refractivity contribution in [1.82, 2.24) is 4.68 Å². The van der Waals surface area contributed by atoms with Gasteiger partial charge in [-0.3, -0.25) is 19.7 Å². The normalized spacial score (nSPS) is 10.7. The molecule has 0 unspecified atom stereocenters. The first-order valence-electron chi connectivity index (χ1n) is 8.30. The first-order chi connectivity index (χ1) is 13.3. The van der Waals surface area contributed by atoms with E-state index >= 15 is 0 Å². The molecule has 0 saturated heterocycles. The number of hydrogen-bond acceptors (Lipinski definition) is 2. The number of carboxylic acid groups (broad SMARTS) is 1. The van der Waals surface area contributed by atoms with Gasteiger partial charge in [-0.1, -0.05) is 23.2 Å². The number of nitrogens with one attached hydrogen (secondary N) is 1. The molecule has 8 heteroatoms. The summed E-state index contributed by atoms with van der Waals surface area (Å²) in [4.78, 5) is 23.7. The number of nitrogens with zero attached hydrogens (tertiary/aromatic N) is 1. The molecule has 0 fully saturated rings. The number of aliphatic carboxylic acids is 1. The molecule has 0 bridgehead atoms. The number of rotatable bonds is 6. The Labute approximate surface area is 170 Å². The number of aromatic nitrogens is 1. The van der Waals surface area contributed by atoms with E-state index in [2.05, 4.69) is 5.43 Å². The van der Waals surface area contributed by atoms with Crippen LogP contribution in [0.3, 0.4) is 0 Å². The molecule has 2 aromatic carbocycles. The van der Waals surface area contributed by atoms with Gasteiger partial charge in [0, 0.05) is 22.7 Å². The smallest absolute Gasteiger partial charge is 0.303 e. The molecule has 1 amide bonds. The van der Waals surface area contributed by atoms with Crippen molar-refractivity contribution in [2.24, 2.45) is 0 Å². The summed E-state index contributed by atoms with van der Waals surface area (Å²) >= 11 is 12.0. The van der Waals surface area contributed by atoms with Gasteiger partial charge in [0.2, 0.25) is 0 Å². The summed E-state index contributed by atoms with van der Waals surface area (Å²) in [6.07, 6.45) is 0.0929. The quantitative estimate of drug-likeness (QED) is 0.589. The van der Waals surface area contributed by atoms with E-state index in [1.54, 1.807) is 30.3 Å². The zero-order valence-corrected chi connectivity index (χ0v) is 16.0. The van der Waals surface area contributed by atoms with Crippen LogP contribution in [-0.4, -0.2) is 21.7 Å². The molecule has 28 heavy (non-hydrogen) atoms. The second-order valence-electron chi connectivity index (χ2n) is 6.01. The van der Waals surface area contributed by atoms with Crippen LogP contribution < -0.4 is 5.43 Å². The maximum Gasteiger partial charge on any atom is 0.303 e. The van der Waals surface area contributed by atoms with Crippen LogP contribution in [0.25, 0.3) is 11.3 Å². The minimum atomic E-state index is -0.955. The number of carboxylic acids is 1. The van der Waals surface area contributed by atoms with Crippen LogP contribution in [0.2, 0.25) is 10.0 Å². The Morgan fingerprint density at radius 2 is 1.75 bits per heavy atom. The molecule has 0 spiro atoms. The van der Waals surface area contributed by atoms with E-state index in [0.717, 1.165) is 0 Å². The number of amides is 1. The van der Waals surface area contributed by atoms with Crippen LogP contribution in [0.4, 0.5) is 4.39 Å². The Morgan fingerprint density at radius 1 is 1.04 bits per heavy atom. The van der Waals surface area contributed by atoms with Crippen molar-refractivity contribution in [3.63, 3.8) is 0 Å². The third kappa shape index (κ3) is 4.52. The highest BCUT2D eigenvalue weighted by molar-refractivity contribution is 6.37. The molecule has 1 heterocycles. The number of hydrogen-bond donors (Lipinski definition) is 2. The summed E-state index contributed by atoms with van der Waals surface area (Å²) in [7, 11) is 0. The average molecular weight is 421 g/mol. The number of halogens is 3. The minimum absolute atomic E-state index is 0.107. The van der Waals surface area contributed by atoms with Crippen molar-refractivity contribution in [3.8, 4) is 11.3 Å². The number of carbonyl (C=O) groups is 2. The van der Waals surface area contributed by atoms with E-state index in [1.165, 1.54) is 28.9 Å². The van der Waals surface area contributed by atoms with E-state index in [9.17, 15) is 14.0 Å². The molecule has 0 atom stereocenters.